The molecule has 8 heteroatoms. The second kappa shape index (κ2) is 7.78. The number of halogens is 1. The van der Waals surface area contributed by atoms with E-state index < -0.39 is 16.9 Å². The minimum atomic E-state index is -0.832. The lowest BCUT2D eigenvalue weighted by atomic mass is 10.2. The Balaban J connectivity index is 2.12. The van der Waals surface area contributed by atoms with Gasteiger partial charge in [-0.3, -0.25) is 14.9 Å². The molecule has 0 aliphatic rings. The summed E-state index contributed by atoms with van der Waals surface area (Å²) < 4.78 is 11.3. The van der Waals surface area contributed by atoms with Crippen LogP contribution in [-0.2, 0) is 4.79 Å². The number of nitro groups is 1. The Bertz CT molecular complexity index is 766. The fourth-order valence-corrected chi connectivity index (χ4v) is 2.31. The van der Waals surface area contributed by atoms with Gasteiger partial charge in [-0.1, -0.05) is 22.0 Å². The van der Waals surface area contributed by atoms with E-state index in [2.05, 4.69) is 21.2 Å². The Labute approximate surface area is 146 Å². The van der Waals surface area contributed by atoms with E-state index in [1.165, 1.54) is 25.3 Å². The first-order chi connectivity index (χ1) is 11.4. The number of anilines is 1. The molecule has 0 heterocycles. The number of ether oxygens (including phenoxy) is 2. The van der Waals surface area contributed by atoms with Gasteiger partial charge in [-0.05, 0) is 37.3 Å². The number of carbonyl (C=O) groups is 1. The zero-order chi connectivity index (χ0) is 17.7. The van der Waals surface area contributed by atoms with Crippen molar-refractivity contribution in [1.82, 2.24) is 0 Å². The van der Waals surface area contributed by atoms with E-state index in [4.69, 9.17) is 9.47 Å². The molecule has 0 saturated carbocycles. The van der Waals surface area contributed by atoms with Gasteiger partial charge in [0.2, 0.25) is 0 Å². The monoisotopic (exact) mass is 394 g/mol. The summed E-state index contributed by atoms with van der Waals surface area (Å²) in [5.41, 5.74) is -0.173. The van der Waals surface area contributed by atoms with Crippen LogP contribution in [0.15, 0.2) is 46.9 Å². The number of benzene rings is 2. The molecule has 0 aliphatic carbocycles. The van der Waals surface area contributed by atoms with Crippen molar-refractivity contribution < 1.29 is 19.2 Å². The molecule has 0 bridgehead atoms. The van der Waals surface area contributed by atoms with Crippen LogP contribution in [0.25, 0.3) is 0 Å². The maximum absolute atomic E-state index is 12.2. The Morgan fingerprint density at radius 2 is 2.00 bits per heavy atom. The van der Waals surface area contributed by atoms with Crippen molar-refractivity contribution in [1.29, 1.82) is 0 Å². The molecular formula is C16H15BrN2O5. The molecule has 0 fully saturated rings. The van der Waals surface area contributed by atoms with E-state index in [0.29, 0.717) is 11.5 Å². The van der Waals surface area contributed by atoms with Crippen LogP contribution in [-0.4, -0.2) is 24.0 Å². The summed E-state index contributed by atoms with van der Waals surface area (Å²) in [4.78, 5) is 22.8. The first kappa shape index (κ1) is 17.7. The lowest BCUT2D eigenvalue weighted by molar-refractivity contribution is -0.384. The molecule has 2 aromatic carbocycles. The predicted octanol–water partition coefficient (Wildman–Crippen LogP) is 3.77. The molecule has 0 unspecified atom stereocenters. The minimum Gasteiger partial charge on any atom is -0.496 e. The molecule has 0 aromatic heterocycles. The average Bonchev–Trinajstić information content (AvgIpc) is 2.54. The molecule has 0 spiro atoms. The highest BCUT2D eigenvalue weighted by atomic mass is 79.9. The molecule has 1 N–H and O–H groups in total. The van der Waals surface area contributed by atoms with Crippen LogP contribution in [0.1, 0.15) is 6.92 Å². The van der Waals surface area contributed by atoms with Gasteiger partial charge in [-0.2, -0.15) is 0 Å². The van der Waals surface area contributed by atoms with Crippen LogP contribution in [0.3, 0.4) is 0 Å². The molecule has 7 nitrogen and oxygen atoms in total. The molecule has 2 rings (SSSR count). The first-order valence-electron chi connectivity index (χ1n) is 6.96. The number of carbonyl (C=O) groups excluding carboxylic acids is 1. The molecule has 24 heavy (non-hydrogen) atoms. The normalized spacial score (nSPS) is 11.5. The number of hydrogen-bond acceptors (Lipinski definition) is 5. The van der Waals surface area contributed by atoms with E-state index in [1.54, 1.807) is 25.1 Å². The van der Waals surface area contributed by atoms with Gasteiger partial charge in [0.1, 0.15) is 17.2 Å². The average molecular weight is 395 g/mol. The van der Waals surface area contributed by atoms with Crippen molar-refractivity contribution in [2.75, 3.05) is 12.4 Å². The third-order valence-electron chi connectivity index (χ3n) is 3.14. The summed E-state index contributed by atoms with van der Waals surface area (Å²) in [6, 6.07) is 11.2. The standard InChI is InChI=1S/C16H15BrN2O5/c1-10(24-13-5-3-4-11(17)8-13)16(20)18-14-7-6-12(23-2)9-15(14)19(21)22/h3-10H,1-2H3,(H,18,20)/t10-/m1/s1. The summed E-state index contributed by atoms with van der Waals surface area (Å²) in [5.74, 6) is 0.345. The van der Waals surface area contributed by atoms with E-state index in [-0.39, 0.29) is 11.4 Å². The lowest BCUT2D eigenvalue weighted by Crippen LogP contribution is -2.30. The summed E-state index contributed by atoms with van der Waals surface area (Å²) in [6.45, 7) is 1.56. The largest absolute Gasteiger partial charge is 0.496 e. The molecule has 0 radical (unpaired) electrons. The molecule has 1 amide bonds. The zero-order valence-corrected chi connectivity index (χ0v) is 14.6. The summed E-state index contributed by atoms with van der Waals surface area (Å²) >= 11 is 3.31. The number of nitrogens with zero attached hydrogens (tertiary/aromatic N) is 1. The van der Waals surface area contributed by atoms with E-state index in [9.17, 15) is 14.9 Å². The van der Waals surface area contributed by atoms with Crippen molar-refractivity contribution in [2.45, 2.75) is 13.0 Å². The second-order valence-corrected chi connectivity index (χ2v) is 5.76. The molecule has 126 valence electrons. The van der Waals surface area contributed by atoms with Crippen LogP contribution in [0, 0.1) is 10.1 Å². The third-order valence-corrected chi connectivity index (χ3v) is 3.63. The van der Waals surface area contributed by atoms with Crippen LogP contribution in [0.2, 0.25) is 0 Å². The van der Waals surface area contributed by atoms with Gasteiger partial charge in [-0.15, -0.1) is 0 Å². The zero-order valence-electron chi connectivity index (χ0n) is 13.0. The highest BCUT2D eigenvalue weighted by Gasteiger charge is 2.21. The van der Waals surface area contributed by atoms with Crippen LogP contribution < -0.4 is 14.8 Å². The number of rotatable bonds is 6. The van der Waals surface area contributed by atoms with Gasteiger partial charge in [0.05, 0.1) is 18.1 Å². The quantitative estimate of drug-likeness (QED) is 0.594. The molecule has 1 atom stereocenters. The van der Waals surface area contributed by atoms with Gasteiger partial charge in [0, 0.05) is 4.47 Å². The van der Waals surface area contributed by atoms with Crippen molar-refractivity contribution in [2.24, 2.45) is 0 Å². The smallest absolute Gasteiger partial charge is 0.296 e. The Morgan fingerprint density at radius 3 is 2.62 bits per heavy atom. The van der Waals surface area contributed by atoms with Gasteiger partial charge >= 0.3 is 0 Å². The van der Waals surface area contributed by atoms with Gasteiger partial charge in [0.15, 0.2) is 6.10 Å². The van der Waals surface area contributed by atoms with Crippen molar-refractivity contribution in [3.63, 3.8) is 0 Å². The van der Waals surface area contributed by atoms with Crippen LogP contribution >= 0.6 is 15.9 Å². The second-order valence-electron chi connectivity index (χ2n) is 4.85. The molecule has 2 aromatic rings. The number of hydrogen-bond donors (Lipinski definition) is 1. The highest BCUT2D eigenvalue weighted by Crippen LogP contribution is 2.29. The SMILES string of the molecule is COc1ccc(NC(=O)[C@@H](C)Oc2cccc(Br)c2)c([N+](=O)[O-])c1. The number of amides is 1. The lowest BCUT2D eigenvalue weighted by Gasteiger charge is -2.15. The number of methoxy groups -OCH3 is 1. The van der Waals surface area contributed by atoms with E-state index in [0.717, 1.165) is 4.47 Å². The van der Waals surface area contributed by atoms with Gasteiger partial charge in [-0.25, -0.2) is 0 Å². The number of nitrogens with one attached hydrogen (secondary N) is 1. The summed E-state index contributed by atoms with van der Waals surface area (Å²) in [5, 5.41) is 13.6. The fraction of sp³-hybridized carbons (Fsp3) is 0.188. The van der Waals surface area contributed by atoms with Gasteiger partial charge < -0.3 is 14.8 Å². The molecule has 0 aliphatic heterocycles. The molecule has 0 saturated heterocycles. The van der Waals surface area contributed by atoms with E-state index >= 15 is 0 Å². The summed E-state index contributed by atoms with van der Waals surface area (Å²) in [7, 11) is 1.41. The summed E-state index contributed by atoms with van der Waals surface area (Å²) in [6.07, 6.45) is -0.832. The first-order valence-corrected chi connectivity index (χ1v) is 7.75. The van der Waals surface area contributed by atoms with Gasteiger partial charge in [0.25, 0.3) is 11.6 Å². The third kappa shape index (κ3) is 4.45. The fourth-order valence-electron chi connectivity index (χ4n) is 1.93. The maximum Gasteiger partial charge on any atom is 0.296 e. The minimum absolute atomic E-state index is 0.0792. The van der Waals surface area contributed by atoms with Crippen molar-refractivity contribution >= 4 is 33.2 Å². The van der Waals surface area contributed by atoms with Crippen LogP contribution in [0.4, 0.5) is 11.4 Å². The van der Waals surface area contributed by atoms with Crippen molar-refractivity contribution in [3.8, 4) is 11.5 Å². The Kier molecular flexibility index (Phi) is 5.75. The Hall–Kier alpha value is -2.61. The van der Waals surface area contributed by atoms with Crippen LogP contribution in [0.5, 0.6) is 11.5 Å². The highest BCUT2D eigenvalue weighted by molar-refractivity contribution is 9.10. The van der Waals surface area contributed by atoms with Crippen molar-refractivity contribution in [3.05, 3.63) is 57.1 Å². The predicted molar refractivity (Wildman–Crippen MR) is 92.5 cm³/mol. The topological polar surface area (TPSA) is 90.7 Å². The maximum atomic E-state index is 12.2. The van der Waals surface area contributed by atoms with E-state index in [1.807, 2.05) is 6.07 Å². The Morgan fingerprint density at radius 1 is 1.25 bits per heavy atom. The molecular weight excluding hydrogens is 380 g/mol. The number of nitro benzene ring substituents is 1.